The summed E-state index contributed by atoms with van der Waals surface area (Å²) in [4.78, 5) is 2.49. The van der Waals surface area contributed by atoms with E-state index < -0.39 is 0 Å². The van der Waals surface area contributed by atoms with Gasteiger partial charge in [0.1, 0.15) is 0 Å². The van der Waals surface area contributed by atoms with Crippen LogP contribution in [0.25, 0.3) is 67.0 Å². The van der Waals surface area contributed by atoms with Crippen molar-refractivity contribution < 1.29 is 0 Å². The molecule has 0 atom stereocenters. The number of nitrogens with zero attached hydrogens (tertiary/aromatic N) is 2. The van der Waals surface area contributed by atoms with Crippen LogP contribution >= 0.6 is 11.3 Å². The standard InChI is InChI=1S/C42H26N2SSe/c1-2-11-27(12-3-1)44-35-16-7-4-13-30(35)34-25-28(22-24-36(34)44)43(29-21-23-32-31-14-6-9-20-40(31)46-41(32)26-29)37-17-10-19-39-42(37)33-15-5-8-18-38(33)45-39/h1-26H. The van der Waals surface area contributed by atoms with Crippen molar-refractivity contribution in [3.05, 3.63) is 158 Å². The van der Waals surface area contributed by atoms with Gasteiger partial charge in [0.25, 0.3) is 0 Å². The second-order valence-electron chi connectivity index (χ2n) is 11.8. The Hall–Kier alpha value is -5.12. The number of thiophene rings is 1. The second kappa shape index (κ2) is 10.2. The van der Waals surface area contributed by atoms with Crippen LogP contribution in [0.1, 0.15) is 0 Å². The van der Waals surface area contributed by atoms with Gasteiger partial charge in [0.15, 0.2) is 0 Å². The van der Waals surface area contributed by atoms with Crippen LogP contribution in [0.2, 0.25) is 0 Å². The number of rotatable bonds is 4. The predicted octanol–water partition coefficient (Wildman–Crippen LogP) is 12.0. The average molecular weight is 670 g/mol. The van der Waals surface area contributed by atoms with E-state index in [1.54, 1.807) is 0 Å². The van der Waals surface area contributed by atoms with Crippen molar-refractivity contribution in [1.29, 1.82) is 0 Å². The minimum atomic E-state index is 0.280. The molecule has 0 aliphatic carbocycles. The van der Waals surface area contributed by atoms with E-state index in [0.717, 1.165) is 5.69 Å². The van der Waals surface area contributed by atoms with Crippen LogP contribution in [0.15, 0.2) is 158 Å². The molecule has 0 amide bonds. The number of fused-ring (bicyclic) bond motifs is 9. The maximum absolute atomic E-state index is 2.49. The number of para-hydroxylation sites is 2. The minimum absolute atomic E-state index is 0.280. The fraction of sp³-hybridized carbons (Fsp3) is 0. The van der Waals surface area contributed by atoms with E-state index in [-0.39, 0.29) is 14.5 Å². The molecule has 3 aromatic heterocycles. The molecule has 2 nitrogen and oxygen atoms in total. The molecule has 0 fully saturated rings. The molecule has 3 heterocycles. The van der Waals surface area contributed by atoms with Crippen molar-refractivity contribution in [2.24, 2.45) is 0 Å². The van der Waals surface area contributed by atoms with Gasteiger partial charge in [-0.25, -0.2) is 0 Å². The van der Waals surface area contributed by atoms with Gasteiger partial charge in [0, 0.05) is 0 Å². The fourth-order valence-electron chi connectivity index (χ4n) is 7.18. The van der Waals surface area contributed by atoms with Crippen LogP contribution in [0.4, 0.5) is 17.1 Å². The Morgan fingerprint density at radius 3 is 2.04 bits per heavy atom. The van der Waals surface area contributed by atoms with E-state index in [1.807, 2.05) is 11.3 Å². The zero-order valence-electron chi connectivity index (χ0n) is 24.7. The molecular weight excluding hydrogens is 644 g/mol. The average Bonchev–Trinajstić information content (AvgIpc) is 3.78. The van der Waals surface area contributed by atoms with Gasteiger partial charge in [-0.05, 0) is 0 Å². The summed E-state index contributed by atoms with van der Waals surface area (Å²) in [6.07, 6.45) is 0. The quantitative estimate of drug-likeness (QED) is 0.169. The van der Waals surface area contributed by atoms with Gasteiger partial charge in [-0.3, -0.25) is 0 Å². The van der Waals surface area contributed by atoms with Crippen LogP contribution in [-0.4, -0.2) is 19.1 Å². The summed E-state index contributed by atoms with van der Waals surface area (Å²) in [5.41, 5.74) is 7.17. The van der Waals surface area contributed by atoms with Gasteiger partial charge in [-0.2, -0.15) is 0 Å². The SMILES string of the molecule is c1ccc(-n2c3ccccc3c3cc(N(c4ccc5c(c4)[se]c4ccccc45)c4cccc5sc6ccccc6c45)ccc32)cc1. The first-order chi connectivity index (χ1) is 22.8. The van der Waals surface area contributed by atoms with Crippen molar-refractivity contribution >= 4 is 104 Å². The first-order valence-corrected chi connectivity index (χ1v) is 18.1. The molecule has 0 unspecified atom stereocenters. The summed E-state index contributed by atoms with van der Waals surface area (Å²) in [7, 11) is 0. The second-order valence-corrected chi connectivity index (χ2v) is 15.1. The van der Waals surface area contributed by atoms with Crippen molar-refractivity contribution in [3.8, 4) is 5.69 Å². The van der Waals surface area contributed by atoms with E-state index in [9.17, 15) is 0 Å². The molecule has 46 heavy (non-hydrogen) atoms. The maximum atomic E-state index is 2.49. The first kappa shape index (κ1) is 26.1. The van der Waals surface area contributed by atoms with Crippen LogP contribution in [0.5, 0.6) is 0 Å². The number of hydrogen-bond donors (Lipinski definition) is 0. The van der Waals surface area contributed by atoms with E-state index in [1.165, 1.54) is 78.3 Å². The number of anilines is 3. The fourth-order valence-corrected chi connectivity index (χ4v) is 10.7. The third-order valence-corrected chi connectivity index (χ3v) is 12.7. The molecule has 0 radical (unpaired) electrons. The van der Waals surface area contributed by atoms with Crippen LogP contribution in [0.3, 0.4) is 0 Å². The summed E-state index contributed by atoms with van der Waals surface area (Å²) >= 11 is 2.15. The third-order valence-electron chi connectivity index (χ3n) is 9.17. The van der Waals surface area contributed by atoms with Crippen molar-refractivity contribution in [2.75, 3.05) is 4.90 Å². The Bertz CT molecular complexity index is 2770. The van der Waals surface area contributed by atoms with Crippen LogP contribution < -0.4 is 4.90 Å². The van der Waals surface area contributed by atoms with Gasteiger partial charge < -0.3 is 0 Å². The molecule has 0 bridgehead atoms. The zero-order chi connectivity index (χ0) is 30.2. The number of hydrogen-bond acceptors (Lipinski definition) is 2. The third kappa shape index (κ3) is 3.88. The molecule has 216 valence electrons. The molecule has 0 saturated carbocycles. The Labute approximate surface area is 275 Å². The van der Waals surface area contributed by atoms with Gasteiger partial charge in [-0.15, -0.1) is 0 Å². The molecule has 10 rings (SSSR count). The molecule has 4 heteroatoms. The van der Waals surface area contributed by atoms with Crippen LogP contribution in [-0.2, 0) is 0 Å². The number of benzene rings is 7. The Balaban J connectivity index is 1.28. The Morgan fingerprint density at radius 2 is 1.13 bits per heavy atom. The molecule has 0 aliphatic heterocycles. The van der Waals surface area contributed by atoms with Gasteiger partial charge in [0.2, 0.25) is 0 Å². The van der Waals surface area contributed by atoms with E-state index in [2.05, 4.69) is 167 Å². The molecule has 0 spiro atoms. The molecule has 10 aromatic rings. The summed E-state index contributed by atoms with van der Waals surface area (Å²) in [6, 6.07) is 58.1. The summed E-state index contributed by atoms with van der Waals surface area (Å²) < 4.78 is 7.93. The molecule has 0 aliphatic rings. The topological polar surface area (TPSA) is 8.17 Å². The molecule has 7 aromatic carbocycles. The number of aromatic nitrogens is 1. The van der Waals surface area contributed by atoms with E-state index in [0.29, 0.717) is 0 Å². The summed E-state index contributed by atoms with van der Waals surface area (Å²) in [6.45, 7) is 0. The predicted molar refractivity (Wildman–Crippen MR) is 200 cm³/mol. The van der Waals surface area contributed by atoms with E-state index >= 15 is 0 Å². The van der Waals surface area contributed by atoms with Crippen molar-refractivity contribution in [3.63, 3.8) is 0 Å². The van der Waals surface area contributed by atoms with Gasteiger partial charge in [-0.1, -0.05) is 6.07 Å². The molecule has 0 N–H and O–H groups in total. The van der Waals surface area contributed by atoms with Crippen LogP contribution in [0, 0.1) is 0 Å². The summed E-state index contributed by atoms with van der Waals surface area (Å²) in [5.74, 6) is 0. The van der Waals surface area contributed by atoms with Gasteiger partial charge in [0.05, 0.1) is 0 Å². The van der Waals surface area contributed by atoms with Gasteiger partial charge >= 0.3 is 271 Å². The van der Waals surface area contributed by atoms with Crippen molar-refractivity contribution in [2.45, 2.75) is 0 Å². The molecular formula is C42H26N2SSe. The normalized spacial score (nSPS) is 11.9. The Kier molecular flexibility index (Phi) is 5.79. The monoisotopic (exact) mass is 670 g/mol. The Morgan fingerprint density at radius 1 is 0.457 bits per heavy atom. The first-order valence-electron chi connectivity index (χ1n) is 15.5. The zero-order valence-corrected chi connectivity index (χ0v) is 27.3. The molecule has 0 saturated heterocycles. The summed E-state index contributed by atoms with van der Waals surface area (Å²) in [5, 5.41) is 7.89. The van der Waals surface area contributed by atoms with Crippen molar-refractivity contribution in [1.82, 2.24) is 4.57 Å². The van der Waals surface area contributed by atoms with E-state index in [4.69, 9.17) is 0 Å².